The van der Waals surface area contributed by atoms with Crippen molar-refractivity contribution in [2.24, 2.45) is 10.8 Å². The predicted molar refractivity (Wildman–Crippen MR) is 206 cm³/mol. The molecule has 0 N–H and O–H groups in total. The highest BCUT2D eigenvalue weighted by Crippen LogP contribution is 2.47. The molecule has 284 valence electrons. The first-order valence-corrected chi connectivity index (χ1v) is 19.2. The number of nitrogens with zero attached hydrogens (tertiary/aromatic N) is 2. The molecule has 3 atom stereocenters. The molecular weight excluding hydrogens is 701 g/mol. The van der Waals surface area contributed by atoms with E-state index >= 15 is 0 Å². The van der Waals surface area contributed by atoms with Gasteiger partial charge >= 0.3 is 17.9 Å². The van der Waals surface area contributed by atoms with Gasteiger partial charge in [0.15, 0.2) is 0 Å². The highest BCUT2D eigenvalue weighted by molar-refractivity contribution is 8.25. The fraction of sp³-hybridized carbons (Fsp3) is 0.575. The van der Waals surface area contributed by atoms with Crippen molar-refractivity contribution in [2.45, 2.75) is 77.1 Å². The second-order valence-corrected chi connectivity index (χ2v) is 16.2. The van der Waals surface area contributed by atoms with Gasteiger partial charge in [-0.2, -0.15) is 5.26 Å². The van der Waals surface area contributed by atoms with E-state index in [-0.39, 0.29) is 52.1 Å². The molecular formula is C40H54N2O8S2. The minimum atomic E-state index is -1.35. The standard InChI is InChI=1S/C40H54N2O8S2/c1-38(31-41,19-18-34(43)48-27-26-47-25-24-46-4)29-39(2,36(44)49-23-22-42-20-12-7-13-21-42)30-40(3,52-35(51)33-16-10-6-11-17-33)37(45)50-28-32-14-8-5-9-15-32/h5-6,8-11,14-17H,7,12-13,18-30H2,1-4H3. The Balaban J connectivity index is 1.85. The van der Waals surface area contributed by atoms with Gasteiger partial charge in [-0.05, 0) is 77.1 Å². The van der Waals surface area contributed by atoms with Crippen LogP contribution in [0.2, 0.25) is 0 Å². The summed E-state index contributed by atoms with van der Waals surface area (Å²) in [4.78, 5) is 43.4. The Bertz CT molecular complexity index is 1470. The summed E-state index contributed by atoms with van der Waals surface area (Å²) in [7, 11) is 1.58. The van der Waals surface area contributed by atoms with Gasteiger partial charge in [0, 0.05) is 20.1 Å². The van der Waals surface area contributed by atoms with Crippen LogP contribution < -0.4 is 0 Å². The largest absolute Gasteiger partial charge is 0.464 e. The summed E-state index contributed by atoms with van der Waals surface area (Å²) in [6, 6.07) is 21.1. The Morgan fingerprint density at radius 2 is 1.48 bits per heavy atom. The van der Waals surface area contributed by atoms with Crippen LogP contribution in [0.15, 0.2) is 60.7 Å². The average molecular weight is 755 g/mol. The Hall–Kier alpha value is -3.34. The highest BCUT2D eigenvalue weighted by atomic mass is 32.2. The number of methoxy groups -OCH3 is 1. The molecule has 2 aromatic rings. The third-order valence-corrected chi connectivity index (χ3v) is 10.8. The van der Waals surface area contributed by atoms with Crippen molar-refractivity contribution in [3.05, 3.63) is 71.8 Å². The minimum Gasteiger partial charge on any atom is -0.464 e. The molecule has 52 heavy (non-hydrogen) atoms. The normalized spacial score (nSPS) is 16.7. The van der Waals surface area contributed by atoms with Crippen LogP contribution in [-0.2, 0) is 44.7 Å². The Kier molecular flexibility index (Phi) is 18.2. The first-order chi connectivity index (χ1) is 24.9. The lowest BCUT2D eigenvalue weighted by Crippen LogP contribution is -2.46. The number of thioether (sulfide) groups is 1. The van der Waals surface area contributed by atoms with E-state index in [4.69, 9.17) is 35.9 Å². The van der Waals surface area contributed by atoms with E-state index in [0.717, 1.165) is 37.1 Å². The maximum atomic E-state index is 14.3. The van der Waals surface area contributed by atoms with E-state index in [0.29, 0.717) is 24.0 Å². The van der Waals surface area contributed by atoms with Gasteiger partial charge in [-0.25, -0.2) is 0 Å². The monoisotopic (exact) mass is 754 g/mol. The summed E-state index contributed by atoms with van der Waals surface area (Å²) < 4.78 is 26.6. The van der Waals surface area contributed by atoms with Crippen LogP contribution in [-0.4, -0.2) is 91.5 Å². The molecule has 1 heterocycles. The van der Waals surface area contributed by atoms with E-state index in [2.05, 4.69) is 11.0 Å². The summed E-state index contributed by atoms with van der Waals surface area (Å²) in [5.74, 6) is -1.53. The molecule has 3 unspecified atom stereocenters. The number of rotatable bonds is 22. The van der Waals surface area contributed by atoms with Gasteiger partial charge in [-0.3, -0.25) is 19.3 Å². The van der Waals surface area contributed by atoms with Crippen molar-refractivity contribution in [3.8, 4) is 6.07 Å². The lowest BCUT2D eigenvalue weighted by molar-refractivity contribution is -0.160. The van der Waals surface area contributed by atoms with Gasteiger partial charge in [0.25, 0.3) is 0 Å². The lowest BCUT2D eigenvalue weighted by atomic mass is 9.68. The maximum absolute atomic E-state index is 14.3. The van der Waals surface area contributed by atoms with Crippen LogP contribution in [0.4, 0.5) is 0 Å². The van der Waals surface area contributed by atoms with E-state index in [9.17, 15) is 19.6 Å². The van der Waals surface area contributed by atoms with Crippen molar-refractivity contribution in [2.75, 3.05) is 59.8 Å². The molecule has 1 saturated heterocycles. The Labute approximate surface area is 318 Å². The number of thiocarbonyl (C=S) groups is 1. The molecule has 0 aliphatic carbocycles. The van der Waals surface area contributed by atoms with Crippen LogP contribution in [0.1, 0.15) is 76.8 Å². The van der Waals surface area contributed by atoms with Crippen LogP contribution in [0.25, 0.3) is 0 Å². The number of hydrogen-bond acceptors (Lipinski definition) is 12. The summed E-state index contributed by atoms with van der Waals surface area (Å²) in [5, 5.41) is 10.5. The zero-order valence-corrected chi connectivity index (χ0v) is 32.7. The van der Waals surface area contributed by atoms with E-state index in [1.165, 1.54) is 18.2 Å². The molecule has 0 spiro atoms. The van der Waals surface area contributed by atoms with Gasteiger partial charge < -0.3 is 23.7 Å². The number of nitriles is 1. The summed E-state index contributed by atoms with van der Waals surface area (Å²) in [6.07, 6.45) is 3.49. The minimum absolute atomic E-state index is 0.0205. The van der Waals surface area contributed by atoms with Crippen molar-refractivity contribution in [1.29, 1.82) is 5.26 Å². The summed E-state index contributed by atoms with van der Waals surface area (Å²) >= 11 is 7.01. The quantitative estimate of drug-likeness (QED) is 0.0536. The topological polar surface area (TPSA) is 124 Å². The van der Waals surface area contributed by atoms with Crippen molar-refractivity contribution < 1.29 is 38.1 Å². The van der Waals surface area contributed by atoms with Crippen molar-refractivity contribution in [1.82, 2.24) is 4.90 Å². The van der Waals surface area contributed by atoms with Crippen LogP contribution in [0.3, 0.4) is 0 Å². The maximum Gasteiger partial charge on any atom is 0.322 e. The Morgan fingerprint density at radius 3 is 2.13 bits per heavy atom. The summed E-state index contributed by atoms with van der Waals surface area (Å²) in [5.41, 5.74) is -0.904. The number of piperidine rings is 1. The molecule has 1 aliphatic rings. The number of carbonyl (C=O) groups is 3. The number of hydrogen-bond donors (Lipinski definition) is 0. The van der Waals surface area contributed by atoms with Crippen molar-refractivity contribution in [3.63, 3.8) is 0 Å². The Morgan fingerprint density at radius 1 is 0.827 bits per heavy atom. The number of esters is 3. The third-order valence-electron chi connectivity index (χ3n) is 9.14. The molecule has 1 fully saturated rings. The number of likely N-dealkylation sites (tertiary alicyclic amines) is 1. The van der Waals surface area contributed by atoms with Crippen LogP contribution in [0.5, 0.6) is 0 Å². The van der Waals surface area contributed by atoms with Gasteiger partial charge in [0.1, 0.15) is 24.6 Å². The molecule has 2 aromatic carbocycles. The van der Waals surface area contributed by atoms with Crippen LogP contribution in [0, 0.1) is 22.2 Å². The highest BCUT2D eigenvalue weighted by Gasteiger charge is 2.51. The predicted octanol–water partition coefficient (Wildman–Crippen LogP) is 6.93. The van der Waals surface area contributed by atoms with E-state index in [1.807, 2.05) is 60.7 Å². The molecule has 0 amide bonds. The van der Waals surface area contributed by atoms with Gasteiger partial charge in [0.05, 0.1) is 40.9 Å². The second-order valence-electron chi connectivity index (χ2n) is 14.0. The first-order valence-electron chi connectivity index (χ1n) is 17.9. The fourth-order valence-electron chi connectivity index (χ4n) is 6.39. The molecule has 0 saturated carbocycles. The molecule has 0 aromatic heterocycles. The third kappa shape index (κ3) is 14.6. The molecule has 12 heteroatoms. The molecule has 3 rings (SSSR count). The zero-order chi connectivity index (χ0) is 37.9. The van der Waals surface area contributed by atoms with E-state index in [1.54, 1.807) is 27.9 Å². The molecule has 0 radical (unpaired) electrons. The number of carbonyl (C=O) groups excluding carboxylic acids is 3. The second kappa shape index (κ2) is 22.0. The van der Waals surface area contributed by atoms with Crippen molar-refractivity contribution >= 4 is 46.1 Å². The molecule has 0 bridgehead atoms. The van der Waals surface area contributed by atoms with Gasteiger partial charge in [0.2, 0.25) is 0 Å². The average Bonchev–Trinajstić information content (AvgIpc) is 3.15. The SMILES string of the molecule is COCCOCCOC(=O)CCC(C)(C#N)CC(C)(CC(C)(SC(=S)c1ccccc1)C(=O)OCc1ccccc1)C(=O)OCCN1CCCCC1. The van der Waals surface area contributed by atoms with Gasteiger partial charge in [-0.1, -0.05) is 91.1 Å². The number of benzene rings is 2. The molecule has 10 nitrogen and oxygen atoms in total. The summed E-state index contributed by atoms with van der Waals surface area (Å²) in [6.45, 7) is 9.05. The molecule has 1 aliphatic heterocycles. The fourth-order valence-corrected chi connectivity index (χ4v) is 8.28. The van der Waals surface area contributed by atoms with Crippen LogP contribution >= 0.6 is 24.0 Å². The van der Waals surface area contributed by atoms with E-state index < -0.39 is 33.5 Å². The zero-order valence-electron chi connectivity index (χ0n) is 31.1. The lowest BCUT2D eigenvalue weighted by Gasteiger charge is -2.39. The van der Waals surface area contributed by atoms with Gasteiger partial charge in [-0.15, -0.1) is 0 Å². The smallest absolute Gasteiger partial charge is 0.322 e. The first kappa shape index (κ1) is 43.1. The number of ether oxygens (including phenoxy) is 5.